The van der Waals surface area contributed by atoms with Gasteiger partial charge in [-0.15, -0.1) is 0 Å². The predicted molar refractivity (Wildman–Crippen MR) is 124 cm³/mol. The summed E-state index contributed by atoms with van der Waals surface area (Å²) in [4.78, 5) is 38.6. The van der Waals surface area contributed by atoms with Gasteiger partial charge >= 0.3 is 11.9 Å². The lowest BCUT2D eigenvalue weighted by Gasteiger charge is -2.39. The molecule has 9 nitrogen and oxygen atoms in total. The summed E-state index contributed by atoms with van der Waals surface area (Å²) in [5, 5.41) is 2.31. The molecule has 0 bridgehead atoms. The van der Waals surface area contributed by atoms with Crippen molar-refractivity contribution in [2.75, 3.05) is 43.5 Å². The number of hydrogen-bond acceptors (Lipinski definition) is 7. The molecule has 2 heterocycles. The highest BCUT2D eigenvalue weighted by atomic mass is 19.4. The second kappa shape index (κ2) is 11.1. The van der Waals surface area contributed by atoms with Gasteiger partial charge in [0.15, 0.2) is 12.2 Å². The van der Waals surface area contributed by atoms with Gasteiger partial charge in [-0.1, -0.05) is 0 Å². The number of amides is 1. The number of aldehydes is 1. The third-order valence-electron chi connectivity index (χ3n) is 5.36. The monoisotopic (exact) mass is 494 g/mol. The summed E-state index contributed by atoms with van der Waals surface area (Å²) < 4.78 is 45.6. The Morgan fingerprint density at radius 2 is 1.94 bits per heavy atom. The number of H-pyrrole nitrogens is 1. The minimum absolute atomic E-state index is 0.164. The van der Waals surface area contributed by atoms with Crippen molar-refractivity contribution in [2.24, 2.45) is 0 Å². The first-order valence-corrected chi connectivity index (χ1v) is 10.7. The number of nitrogens with one attached hydrogen (secondary N) is 2. The number of aromatic nitrogens is 1. The highest BCUT2D eigenvalue weighted by Gasteiger charge is 2.28. The number of likely N-dealkylation sites (N-methyl/N-ethyl adjacent to an activating group) is 1. The van der Waals surface area contributed by atoms with E-state index in [2.05, 4.69) is 34.1 Å². The van der Waals surface area contributed by atoms with E-state index in [-0.39, 0.29) is 12.0 Å². The van der Waals surface area contributed by atoms with Crippen molar-refractivity contribution >= 4 is 34.7 Å². The molecule has 188 valence electrons. The minimum atomic E-state index is -4.30. The molecule has 1 aromatic heterocycles. The van der Waals surface area contributed by atoms with Gasteiger partial charge in [-0.3, -0.25) is 14.6 Å². The Balaban J connectivity index is 0.000000203. The maximum absolute atomic E-state index is 12.1. The normalized spacial score (nSPS) is 16.4. The maximum atomic E-state index is 12.1. The van der Waals surface area contributed by atoms with E-state index in [1.165, 1.54) is 6.07 Å². The Bertz CT molecular complexity index is 1210. The van der Waals surface area contributed by atoms with Crippen molar-refractivity contribution in [1.82, 2.24) is 9.88 Å². The van der Waals surface area contributed by atoms with Crippen LogP contribution in [-0.2, 0) is 9.59 Å². The number of carbonyl (C=O) groups excluding carboxylic acids is 2. The van der Waals surface area contributed by atoms with Crippen LogP contribution in [0.5, 0.6) is 5.75 Å². The Morgan fingerprint density at radius 3 is 2.57 bits per heavy atom. The van der Waals surface area contributed by atoms with Gasteiger partial charge in [0.25, 0.3) is 5.91 Å². The standard InChI is InChI=1S/C14H19F3N2O.C9H6N2O4/c1-11-9-19(8-7-18(11)2)12-3-5-13(6-4-12)20-10-14(15,16)17;12-4-8(13)10-5-1-2-6-7(3-5)15-9(14)11-6/h3-6,11H,7-10H2,1-2H3;1-4H,(H,10,13)(H,11,14). The van der Waals surface area contributed by atoms with Crippen molar-refractivity contribution in [1.29, 1.82) is 0 Å². The summed E-state index contributed by atoms with van der Waals surface area (Å²) in [7, 11) is 2.09. The highest BCUT2D eigenvalue weighted by Crippen LogP contribution is 2.23. The molecule has 1 fully saturated rings. The van der Waals surface area contributed by atoms with E-state index in [1.807, 2.05) is 12.1 Å². The molecule has 0 saturated carbocycles. The number of nitrogens with zero attached hydrogens (tertiary/aromatic N) is 2. The van der Waals surface area contributed by atoms with E-state index >= 15 is 0 Å². The second-order valence-corrected chi connectivity index (χ2v) is 8.01. The Hall–Kier alpha value is -3.80. The van der Waals surface area contributed by atoms with Gasteiger partial charge in [0.05, 0.1) is 5.52 Å². The van der Waals surface area contributed by atoms with E-state index in [4.69, 9.17) is 9.15 Å². The molecule has 1 aliphatic heterocycles. The molecule has 1 saturated heterocycles. The molecule has 2 N–H and O–H groups in total. The number of aromatic amines is 1. The van der Waals surface area contributed by atoms with Crippen LogP contribution in [-0.4, -0.2) is 67.6 Å². The van der Waals surface area contributed by atoms with Gasteiger partial charge in [-0.25, -0.2) is 4.79 Å². The largest absolute Gasteiger partial charge is 0.484 e. The second-order valence-electron chi connectivity index (χ2n) is 8.01. The van der Waals surface area contributed by atoms with Crippen LogP contribution in [0.2, 0.25) is 0 Å². The Labute approximate surface area is 198 Å². The lowest BCUT2D eigenvalue weighted by molar-refractivity contribution is -0.153. The van der Waals surface area contributed by atoms with Crippen LogP contribution in [0.4, 0.5) is 24.5 Å². The number of anilines is 2. The van der Waals surface area contributed by atoms with Crippen molar-refractivity contribution in [2.45, 2.75) is 19.1 Å². The number of fused-ring (bicyclic) bond motifs is 1. The molecule has 2 aromatic carbocycles. The minimum Gasteiger partial charge on any atom is -0.484 e. The smallest absolute Gasteiger partial charge is 0.422 e. The van der Waals surface area contributed by atoms with Gasteiger partial charge in [-0.05, 0) is 50.4 Å². The molecule has 12 heteroatoms. The maximum Gasteiger partial charge on any atom is 0.422 e. The molecule has 1 amide bonds. The van der Waals surface area contributed by atoms with E-state index in [0.29, 0.717) is 22.8 Å². The molecule has 0 radical (unpaired) electrons. The van der Waals surface area contributed by atoms with Crippen LogP contribution in [0.1, 0.15) is 6.92 Å². The first kappa shape index (κ1) is 25.8. The van der Waals surface area contributed by atoms with E-state index in [0.717, 1.165) is 25.3 Å². The number of halogens is 3. The summed E-state index contributed by atoms with van der Waals surface area (Å²) in [5.74, 6) is -1.08. The van der Waals surface area contributed by atoms with Gasteiger partial charge in [-0.2, -0.15) is 13.2 Å². The molecule has 35 heavy (non-hydrogen) atoms. The highest BCUT2D eigenvalue weighted by molar-refractivity contribution is 6.29. The van der Waals surface area contributed by atoms with Crippen molar-refractivity contribution < 1.29 is 31.9 Å². The molecular formula is C23H25F3N4O5. The zero-order valence-electron chi connectivity index (χ0n) is 19.1. The SMILES string of the molecule is CC1CN(c2ccc(OCC(F)(F)F)cc2)CCN1C.O=CC(=O)Nc1ccc2[nH]c(=O)oc2c1. The molecule has 0 spiro atoms. The fourth-order valence-corrected chi connectivity index (χ4v) is 3.40. The lowest BCUT2D eigenvalue weighted by atomic mass is 10.2. The average molecular weight is 494 g/mol. The molecule has 0 aliphatic carbocycles. The number of piperazine rings is 1. The summed E-state index contributed by atoms with van der Waals surface area (Å²) in [6, 6.07) is 11.8. The van der Waals surface area contributed by atoms with Crippen molar-refractivity contribution in [3.05, 3.63) is 53.0 Å². The fraction of sp³-hybridized carbons (Fsp3) is 0.348. The number of oxazole rings is 1. The molecule has 1 unspecified atom stereocenters. The zero-order chi connectivity index (χ0) is 25.6. The number of carbonyl (C=O) groups is 2. The van der Waals surface area contributed by atoms with Crippen LogP contribution in [0.25, 0.3) is 11.1 Å². The average Bonchev–Trinajstić information content (AvgIpc) is 3.19. The summed E-state index contributed by atoms with van der Waals surface area (Å²) in [5.41, 5.74) is 2.26. The Morgan fingerprint density at radius 1 is 1.23 bits per heavy atom. The first-order chi connectivity index (χ1) is 16.5. The molecule has 4 rings (SSSR count). The van der Waals surface area contributed by atoms with Crippen LogP contribution >= 0.6 is 0 Å². The van der Waals surface area contributed by atoms with E-state index < -0.39 is 24.4 Å². The van der Waals surface area contributed by atoms with Crippen LogP contribution in [0.15, 0.2) is 51.7 Å². The van der Waals surface area contributed by atoms with Crippen LogP contribution in [0, 0.1) is 0 Å². The van der Waals surface area contributed by atoms with Gasteiger partial charge in [0.1, 0.15) is 5.75 Å². The van der Waals surface area contributed by atoms with Crippen LogP contribution in [0.3, 0.4) is 0 Å². The predicted octanol–water partition coefficient (Wildman–Crippen LogP) is 3.03. The number of hydrogen-bond donors (Lipinski definition) is 2. The number of rotatable bonds is 5. The van der Waals surface area contributed by atoms with Crippen LogP contribution < -0.4 is 20.7 Å². The topological polar surface area (TPSA) is 108 Å². The van der Waals surface area contributed by atoms with Gasteiger partial charge < -0.3 is 24.3 Å². The summed E-state index contributed by atoms with van der Waals surface area (Å²) in [6.07, 6.45) is -4.14. The van der Waals surface area contributed by atoms with E-state index in [1.54, 1.807) is 24.3 Å². The summed E-state index contributed by atoms with van der Waals surface area (Å²) >= 11 is 0. The molecular weight excluding hydrogens is 469 g/mol. The van der Waals surface area contributed by atoms with E-state index in [9.17, 15) is 27.6 Å². The molecule has 1 aliphatic rings. The third-order valence-corrected chi connectivity index (χ3v) is 5.36. The number of ether oxygens (including phenoxy) is 1. The fourth-order valence-electron chi connectivity index (χ4n) is 3.40. The summed E-state index contributed by atoms with van der Waals surface area (Å²) in [6.45, 7) is 3.72. The molecule has 1 atom stereocenters. The Kier molecular flexibility index (Phi) is 8.18. The van der Waals surface area contributed by atoms with Crippen molar-refractivity contribution in [3.63, 3.8) is 0 Å². The number of alkyl halides is 3. The van der Waals surface area contributed by atoms with Gasteiger partial charge in [0.2, 0.25) is 6.29 Å². The lowest BCUT2D eigenvalue weighted by Crippen LogP contribution is -2.50. The third kappa shape index (κ3) is 7.60. The van der Waals surface area contributed by atoms with Crippen molar-refractivity contribution in [3.8, 4) is 5.75 Å². The first-order valence-electron chi connectivity index (χ1n) is 10.7. The van der Waals surface area contributed by atoms with Gasteiger partial charge in [0, 0.05) is 43.1 Å². The number of benzene rings is 2. The molecule has 3 aromatic rings. The quantitative estimate of drug-likeness (QED) is 0.415. The zero-order valence-corrected chi connectivity index (χ0v) is 19.1.